The first-order valence-electron chi connectivity index (χ1n) is 12.5. The Kier molecular flexibility index (Phi) is 12.2. The van der Waals surface area contributed by atoms with Gasteiger partial charge in [-0.1, -0.05) is 62.2 Å². The number of nitrogens with zero attached hydrogens (tertiary/aromatic N) is 2. The summed E-state index contributed by atoms with van der Waals surface area (Å²) in [7, 11) is -2.15. The summed E-state index contributed by atoms with van der Waals surface area (Å²) < 4.78 is 31.7. The molecule has 0 radical (unpaired) electrons. The zero-order valence-corrected chi connectivity index (χ0v) is 23.6. The summed E-state index contributed by atoms with van der Waals surface area (Å²) in [6.07, 6.45) is 3.68. The van der Waals surface area contributed by atoms with Crippen LogP contribution in [0.2, 0.25) is 5.02 Å². The molecular weight excluding hydrogens is 514 g/mol. The molecule has 1 N–H and O–H groups in total. The molecule has 0 aliphatic carbocycles. The number of halogens is 1. The Morgan fingerprint density at radius 1 is 1.05 bits per heavy atom. The molecule has 0 spiro atoms. The summed E-state index contributed by atoms with van der Waals surface area (Å²) >= 11 is 6.37. The molecule has 2 rings (SSSR count). The van der Waals surface area contributed by atoms with Crippen molar-refractivity contribution in [3.05, 3.63) is 59.1 Å². The number of anilines is 1. The molecule has 8 nitrogen and oxygen atoms in total. The molecule has 37 heavy (non-hydrogen) atoms. The van der Waals surface area contributed by atoms with Gasteiger partial charge in [0, 0.05) is 31.1 Å². The molecule has 0 aliphatic rings. The second-order valence-corrected chi connectivity index (χ2v) is 11.1. The molecule has 0 fully saturated rings. The van der Waals surface area contributed by atoms with Crippen LogP contribution in [-0.4, -0.2) is 57.6 Å². The number of hydrogen-bond donors (Lipinski definition) is 1. The van der Waals surface area contributed by atoms with E-state index < -0.39 is 16.1 Å². The number of ether oxygens (including phenoxy) is 1. The Balaban J connectivity index is 2.23. The van der Waals surface area contributed by atoms with Crippen molar-refractivity contribution in [2.24, 2.45) is 0 Å². The van der Waals surface area contributed by atoms with Gasteiger partial charge >= 0.3 is 0 Å². The van der Waals surface area contributed by atoms with Gasteiger partial charge in [0.1, 0.15) is 11.8 Å². The van der Waals surface area contributed by atoms with Crippen LogP contribution in [0, 0.1) is 0 Å². The first kappa shape index (κ1) is 30.4. The largest absolute Gasteiger partial charge is 0.495 e. The summed E-state index contributed by atoms with van der Waals surface area (Å²) in [4.78, 5) is 28.0. The number of carbonyl (C=O) groups excluding carboxylic acids is 2. The van der Waals surface area contributed by atoms with E-state index in [1.807, 2.05) is 32.0 Å². The molecule has 10 heteroatoms. The van der Waals surface area contributed by atoms with Gasteiger partial charge in [0.15, 0.2) is 0 Å². The fraction of sp³-hybridized carbons (Fsp3) is 0.481. The third-order valence-corrected chi connectivity index (χ3v) is 7.57. The van der Waals surface area contributed by atoms with E-state index in [4.69, 9.17) is 16.3 Å². The number of sulfonamides is 1. The Morgan fingerprint density at radius 3 is 2.35 bits per heavy atom. The SMILES string of the molecule is CCCCNC(=O)[C@H](CC)N(Cc1ccccc1Cl)C(=O)CCCN(c1ccccc1OC)S(C)(=O)=O. The molecule has 2 aromatic rings. The van der Waals surface area contributed by atoms with E-state index >= 15 is 0 Å². The van der Waals surface area contributed by atoms with Gasteiger partial charge < -0.3 is 15.0 Å². The number of benzene rings is 2. The molecule has 0 saturated carbocycles. The van der Waals surface area contributed by atoms with E-state index in [9.17, 15) is 18.0 Å². The van der Waals surface area contributed by atoms with Crippen LogP contribution in [0.1, 0.15) is 51.5 Å². The van der Waals surface area contributed by atoms with Gasteiger partial charge in [-0.05, 0) is 43.0 Å². The normalized spacial score (nSPS) is 12.0. The highest BCUT2D eigenvalue weighted by Gasteiger charge is 2.29. The van der Waals surface area contributed by atoms with E-state index in [2.05, 4.69) is 5.32 Å². The minimum absolute atomic E-state index is 0.0599. The van der Waals surface area contributed by atoms with Crippen LogP contribution in [0.3, 0.4) is 0 Å². The van der Waals surface area contributed by atoms with Crippen molar-refractivity contribution in [2.75, 3.05) is 30.8 Å². The van der Waals surface area contributed by atoms with Crippen molar-refractivity contribution in [3.63, 3.8) is 0 Å². The lowest BCUT2D eigenvalue weighted by molar-refractivity contribution is -0.141. The van der Waals surface area contributed by atoms with Crippen molar-refractivity contribution in [2.45, 2.75) is 58.5 Å². The van der Waals surface area contributed by atoms with Gasteiger partial charge in [0.05, 0.1) is 19.1 Å². The van der Waals surface area contributed by atoms with Crippen molar-refractivity contribution in [1.29, 1.82) is 0 Å². The van der Waals surface area contributed by atoms with Gasteiger partial charge in [-0.15, -0.1) is 0 Å². The van der Waals surface area contributed by atoms with Crippen molar-refractivity contribution >= 4 is 39.1 Å². The third-order valence-electron chi connectivity index (χ3n) is 6.02. The molecule has 0 aromatic heterocycles. The number of nitrogens with one attached hydrogen (secondary N) is 1. The molecule has 0 saturated heterocycles. The standard InChI is InChI=1S/C27H38ClN3O5S/c1-5-7-18-29-27(33)23(6-2)30(20-21-13-8-9-14-22(21)28)26(32)17-12-19-31(37(4,34)35)24-15-10-11-16-25(24)36-3/h8-11,13-16,23H,5-7,12,17-20H2,1-4H3,(H,29,33)/t23-/m0/s1. The number of hydrogen-bond acceptors (Lipinski definition) is 5. The zero-order chi connectivity index (χ0) is 27.4. The van der Waals surface area contributed by atoms with Crippen LogP contribution in [0.5, 0.6) is 5.75 Å². The Labute approximate surface area is 226 Å². The average molecular weight is 552 g/mol. The number of carbonyl (C=O) groups is 2. The fourth-order valence-corrected chi connectivity index (χ4v) is 5.22. The van der Waals surface area contributed by atoms with Crippen molar-refractivity contribution in [3.8, 4) is 5.75 Å². The zero-order valence-electron chi connectivity index (χ0n) is 22.1. The van der Waals surface area contributed by atoms with E-state index in [0.29, 0.717) is 29.4 Å². The first-order chi connectivity index (χ1) is 17.6. The second-order valence-electron chi connectivity index (χ2n) is 8.79. The third kappa shape index (κ3) is 8.93. The Hall–Kier alpha value is -2.78. The van der Waals surface area contributed by atoms with Gasteiger partial charge in [-0.3, -0.25) is 13.9 Å². The fourth-order valence-electron chi connectivity index (χ4n) is 4.05. The number of amides is 2. The Bertz CT molecular complexity index is 1140. The average Bonchev–Trinajstić information content (AvgIpc) is 2.87. The molecule has 204 valence electrons. The van der Waals surface area contributed by atoms with Crippen LogP contribution in [0.25, 0.3) is 0 Å². The van der Waals surface area contributed by atoms with Crippen LogP contribution >= 0.6 is 11.6 Å². The summed E-state index contributed by atoms with van der Waals surface area (Å²) in [5, 5.41) is 3.45. The monoisotopic (exact) mass is 551 g/mol. The predicted molar refractivity (Wildman–Crippen MR) is 148 cm³/mol. The van der Waals surface area contributed by atoms with Crippen LogP contribution < -0.4 is 14.4 Å². The summed E-state index contributed by atoms with van der Waals surface area (Å²) in [5.74, 6) is -0.0246. The minimum Gasteiger partial charge on any atom is -0.495 e. The highest BCUT2D eigenvalue weighted by Crippen LogP contribution is 2.30. The lowest BCUT2D eigenvalue weighted by Gasteiger charge is -2.31. The molecule has 0 unspecified atom stereocenters. The number of para-hydroxylation sites is 2. The van der Waals surface area contributed by atoms with E-state index in [-0.39, 0.29) is 37.7 Å². The van der Waals surface area contributed by atoms with Crippen molar-refractivity contribution < 1.29 is 22.7 Å². The maximum atomic E-state index is 13.5. The minimum atomic E-state index is -3.62. The van der Waals surface area contributed by atoms with Gasteiger partial charge in [0.2, 0.25) is 21.8 Å². The molecule has 1 atom stereocenters. The lowest BCUT2D eigenvalue weighted by atomic mass is 10.1. The quantitative estimate of drug-likeness (QED) is 0.326. The van der Waals surface area contributed by atoms with E-state index in [1.165, 1.54) is 11.4 Å². The smallest absolute Gasteiger partial charge is 0.242 e. The highest BCUT2D eigenvalue weighted by molar-refractivity contribution is 7.92. The molecule has 2 amide bonds. The maximum Gasteiger partial charge on any atom is 0.242 e. The molecule has 0 bridgehead atoms. The maximum absolute atomic E-state index is 13.5. The lowest BCUT2D eigenvalue weighted by Crippen LogP contribution is -2.49. The number of rotatable bonds is 15. The van der Waals surface area contributed by atoms with Crippen molar-refractivity contribution in [1.82, 2.24) is 10.2 Å². The summed E-state index contributed by atoms with van der Waals surface area (Å²) in [5.41, 5.74) is 1.15. The number of unbranched alkanes of at least 4 members (excludes halogenated alkanes) is 1. The van der Waals surface area contributed by atoms with Gasteiger partial charge in [0.25, 0.3) is 0 Å². The Morgan fingerprint density at radius 2 is 1.73 bits per heavy atom. The summed E-state index contributed by atoms with van der Waals surface area (Å²) in [6.45, 7) is 4.72. The van der Waals surface area contributed by atoms with Gasteiger partial charge in [-0.2, -0.15) is 0 Å². The number of methoxy groups -OCH3 is 1. The van der Waals surface area contributed by atoms with Crippen LogP contribution in [0.4, 0.5) is 5.69 Å². The highest BCUT2D eigenvalue weighted by atomic mass is 35.5. The summed E-state index contributed by atoms with van der Waals surface area (Å²) in [6, 6.07) is 13.4. The molecular formula is C27H38ClN3O5S. The molecule has 0 heterocycles. The second kappa shape index (κ2) is 14.8. The van der Waals surface area contributed by atoms with E-state index in [0.717, 1.165) is 24.7 Å². The molecule has 2 aromatic carbocycles. The van der Waals surface area contributed by atoms with Crippen LogP contribution in [0.15, 0.2) is 48.5 Å². The van der Waals surface area contributed by atoms with Gasteiger partial charge in [-0.25, -0.2) is 8.42 Å². The van der Waals surface area contributed by atoms with Crippen LogP contribution in [-0.2, 0) is 26.2 Å². The molecule has 0 aliphatic heterocycles. The first-order valence-corrected chi connectivity index (χ1v) is 14.8. The van der Waals surface area contributed by atoms with E-state index in [1.54, 1.807) is 35.2 Å². The predicted octanol–water partition coefficient (Wildman–Crippen LogP) is 4.62. The topological polar surface area (TPSA) is 96.0 Å².